The summed E-state index contributed by atoms with van der Waals surface area (Å²) < 4.78 is 27.2. The Balaban J connectivity index is 1.53. The maximum Gasteiger partial charge on any atom is 0.163 e. The third-order valence-corrected chi connectivity index (χ3v) is 4.26. The van der Waals surface area contributed by atoms with Crippen LogP contribution in [0.4, 0.5) is 8.78 Å². The van der Waals surface area contributed by atoms with Crippen molar-refractivity contribution in [2.75, 3.05) is 6.54 Å². The highest BCUT2D eigenvalue weighted by Gasteiger charge is 2.20. The minimum absolute atomic E-state index is 0.358. The maximum absolute atomic E-state index is 13.9. The molecule has 3 aromatic rings. The molecule has 2 aromatic heterocycles. The van der Waals surface area contributed by atoms with Gasteiger partial charge in [0.1, 0.15) is 6.33 Å². The summed E-state index contributed by atoms with van der Waals surface area (Å²) in [6.07, 6.45) is 7.34. The van der Waals surface area contributed by atoms with Crippen molar-refractivity contribution in [3.63, 3.8) is 0 Å². The maximum atomic E-state index is 13.9. The van der Waals surface area contributed by atoms with Crippen LogP contribution in [0.5, 0.6) is 0 Å². The summed E-state index contributed by atoms with van der Waals surface area (Å²) in [6, 6.07) is 4.28. The minimum atomic E-state index is -0.812. The van der Waals surface area contributed by atoms with Crippen LogP contribution in [0.2, 0.25) is 0 Å². The van der Waals surface area contributed by atoms with E-state index in [-0.39, 0.29) is 0 Å². The summed E-state index contributed by atoms with van der Waals surface area (Å²) in [7, 11) is 0. The van der Waals surface area contributed by atoms with E-state index in [1.54, 1.807) is 24.7 Å². The second-order valence-electron chi connectivity index (χ2n) is 5.97. The van der Waals surface area contributed by atoms with Gasteiger partial charge in [-0.3, -0.25) is 4.90 Å². The number of hydrogen-bond acceptors (Lipinski definition) is 5. The molecule has 0 spiro atoms. The summed E-state index contributed by atoms with van der Waals surface area (Å²) in [5, 5.41) is 0. The molecule has 0 saturated heterocycles. The fourth-order valence-corrected chi connectivity index (χ4v) is 2.97. The van der Waals surface area contributed by atoms with Gasteiger partial charge in [0.05, 0.1) is 11.3 Å². The lowest BCUT2D eigenvalue weighted by molar-refractivity contribution is 0.238. The Morgan fingerprint density at radius 3 is 2.76 bits per heavy atom. The second kappa shape index (κ2) is 6.60. The molecule has 3 heterocycles. The first-order valence-electron chi connectivity index (χ1n) is 7.96. The second-order valence-corrected chi connectivity index (χ2v) is 5.97. The lowest BCUT2D eigenvalue weighted by atomic mass is 10.1. The van der Waals surface area contributed by atoms with E-state index in [0.29, 0.717) is 24.5 Å². The molecule has 0 aliphatic carbocycles. The van der Waals surface area contributed by atoms with Gasteiger partial charge in [0, 0.05) is 55.8 Å². The Bertz CT molecular complexity index is 901. The molecule has 0 amide bonds. The van der Waals surface area contributed by atoms with E-state index < -0.39 is 11.6 Å². The summed E-state index contributed by atoms with van der Waals surface area (Å²) >= 11 is 0. The SMILES string of the molecule is Fc1cccc(CN2CCc3nc(-c4cncnc4)ncc3C2)c1F. The van der Waals surface area contributed by atoms with Gasteiger partial charge in [-0.1, -0.05) is 12.1 Å². The Morgan fingerprint density at radius 1 is 1.08 bits per heavy atom. The van der Waals surface area contributed by atoms with Crippen LogP contribution in [0.1, 0.15) is 16.8 Å². The normalized spacial score (nSPS) is 14.3. The zero-order chi connectivity index (χ0) is 17.2. The molecule has 1 aromatic carbocycles. The highest BCUT2D eigenvalue weighted by Crippen LogP contribution is 2.22. The van der Waals surface area contributed by atoms with Crippen molar-refractivity contribution in [3.8, 4) is 11.4 Å². The number of fused-ring (bicyclic) bond motifs is 1. The predicted octanol–water partition coefficient (Wildman–Crippen LogP) is 2.77. The highest BCUT2D eigenvalue weighted by atomic mass is 19.2. The van der Waals surface area contributed by atoms with Crippen molar-refractivity contribution in [3.05, 3.63) is 71.6 Å². The quantitative estimate of drug-likeness (QED) is 0.734. The first-order valence-corrected chi connectivity index (χ1v) is 7.96. The number of nitrogens with zero attached hydrogens (tertiary/aromatic N) is 5. The highest BCUT2D eigenvalue weighted by molar-refractivity contribution is 5.52. The van der Waals surface area contributed by atoms with Gasteiger partial charge in [-0.15, -0.1) is 0 Å². The Labute approximate surface area is 143 Å². The Hall–Kier alpha value is -2.80. The molecule has 0 bridgehead atoms. The number of benzene rings is 1. The average Bonchev–Trinajstić information content (AvgIpc) is 2.66. The van der Waals surface area contributed by atoms with Crippen molar-refractivity contribution >= 4 is 0 Å². The monoisotopic (exact) mass is 339 g/mol. The zero-order valence-corrected chi connectivity index (χ0v) is 13.4. The first-order chi connectivity index (χ1) is 12.2. The molecule has 25 heavy (non-hydrogen) atoms. The van der Waals surface area contributed by atoms with E-state index in [1.807, 2.05) is 0 Å². The van der Waals surface area contributed by atoms with Crippen LogP contribution >= 0.6 is 0 Å². The smallest absolute Gasteiger partial charge is 0.163 e. The summed E-state index contributed by atoms with van der Waals surface area (Å²) in [4.78, 5) is 19.0. The van der Waals surface area contributed by atoms with Gasteiger partial charge in [0.2, 0.25) is 0 Å². The molecule has 0 N–H and O–H groups in total. The third-order valence-electron chi connectivity index (χ3n) is 4.26. The van der Waals surface area contributed by atoms with E-state index >= 15 is 0 Å². The number of halogens is 2. The summed E-state index contributed by atoms with van der Waals surface area (Å²) in [5.74, 6) is -0.985. The zero-order valence-electron chi connectivity index (χ0n) is 13.4. The lowest BCUT2D eigenvalue weighted by Gasteiger charge is -2.28. The molecule has 1 aliphatic rings. The van der Waals surface area contributed by atoms with Gasteiger partial charge in [-0.2, -0.15) is 0 Å². The standard InChI is InChI=1S/C18H15F2N5/c19-15-3-1-2-12(17(15)20)9-25-5-4-16-14(10-25)8-23-18(24-16)13-6-21-11-22-7-13/h1-3,6-8,11H,4-5,9-10H2. The Kier molecular flexibility index (Phi) is 4.15. The van der Waals surface area contributed by atoms with Crippen LogP contribution in [0, 0.1) is 11.6 Å². The van der Waals surface area contributed by atoms with Crippen molar-refractivity contribution < 1.29 is 8.78 Å². The fourth-order valence-electron chi connectivity index (χ4n) is 2.97. The van der Waals surface area contributed by atoms with Gasteiger partial charge < -0.3 is 0 Å². The third kappa shape index (κ3) is 3.23. The molecular weight excluding hydrogens is 324 g/mol. The summed E-state index contributed by atoms with van der Waals surface area (Å²) in [5.41, 5.74) is 3.12. The molecular formula is C18H15F2N5. The molecule has 0 radical (unpaired) electrons. The van der Waals surface area contributed by atoms with Gasteiger partial charge >= 0.3 is 0 Å². The molecule has 126 valence electrons. The van der Waals surface area contributed by atoms with E-state index in [1.165, 1.54) is 12.4 Å². The topological polar surface area (TPSA) is 54.8 Å². The molecule has 1 aliphatic heterocycles. The first kappa shape index (κ1) is 15.7. The number of aromatic nitrogens is 4. The summed E-state index contributed by atoms with van der Waals surface area (Å²) in [6.45, 7) is 1.69. The van der Waals surface area contributed by atoms with Gasteiger partial charge in [0.25, 0.3) is 0 Å². The lowest BCUT2D eigenvalue weighted by Crippen LogP contribution is -2.31. The molecule has 5 nitrogen and oxygen atoms in total. The molecule has 4 rings (SSSR count). The fraction of sp³-hybridized carbons (Fsp3) is 0.222. The number of hydrogen-bond donors (Lipinski definition) is 0. The molecule has 0 atom stereocenters. The van der Waals surface area contributed by atoms with E-state index in [9.17, 15) is 8.78 Å². The predicted molar refractivity (Wildman–Crippen MR) is 87.2 cm³/mol. The molecule has 0 unspecified atom stereocenters. The van der Waals surface area contributed by atoms with Crippen LogP contribution in [-0.4, -0.2) is 31.4 Å². The minimum Gasteiger partial charge on any atom is -0.294 e. The van der Waals surface area contributed by atoms with E-state index in [2.05, 4.69) is 24.8 Å². The van der Waals surface area contributed by atoms with Crippen LogP contribution in [0.25, 0.3) is 11.4 Å². The van der Waals surface area contributed by atoms with Crippen LogP contribution in [-0.2, 0) is 19.5 Å². The van der Waals surface area contributed by atoms with Crippen LogP contribution < -0.4 is 0 Å². The van der Waals surface area contributed by atoms with Crippen LogP contribution in [0.15, 0.2) is 43.1 Å². The number of rotatable bonds is 3. The Morgan fingerprint density at radius 2 is 1.92 bits per heavy atom. The molecule has 7 heteroatoms. The molecule has 0 fully saturated rings. The van der Waals surface area contributed by atoms with Crippen molar-refractivity contribution in [1.29, 1.82) is 0 Å². The van der Waals surface area contributed by atoms with Crippen LogP contribution in [0.3, 0.4) is 0 Å². The van der Waals surface area contributed by atoms with Gasteiger partial charge in [-0.05, 0) is 6.07 Å². The largest absolute Gasteiger partial charge is 0.294 e. The molecule has 0 saturated carbocycles. The van der Waals surface area contributed by atoms with Gasteiger partial charge in [0.15, 0.2) is 17.5 Å². The van der Waals surface area contributed by atoms with Gasteiger partial charge in [-0.25, -0.2) is 28.7 Å². The average molecular weight is 339 g/mol. The van der Waals surface area contributed by atoms with E-state index in [4.69, 9.17) is 0 Å². The van der Waals surface area contributed by atoms with Crippen molar-refractivity contribution in [2.24, 2.45) is 0 Å². The van der Waals surface area contributed by atoms with Crippen molar-refractivity contribution in [2.45, 2.75) is 19.5 Å². The van der Waals surface area contributed by atoms with Crippen molar-refractivity contribution in [1.82, 2.24) is 24.8 Å². The van der Waals surface area contributed by atoms with E-state index in [0.717, 1.165) is 35.9 Å².